The molecule has 2 rings (SSSR count). The second-order valence-corrected chi connectivity index (χ2v) is 5.81. The molecule has 0 spiro atoms. The summed E-state index contributed by atoms with van der Waals surface area (Å²) in [5.41, 5.74) is 6.51. The van der Waals surface area contributed by atoms with E-state index in [1.165, 1.54) is 6.07 Å². The van der Waals surface area contributed by atoms with Gasteiger partial charge in [-0.1, -0.05) is 6.07 Å². The molecule has 5 N–H and O–H groups in total. The van der Waals surface area contributed by atoms with E-state index in [0.717, 1.165) is 19.4 Å². The molecule has 1 heterocycles. The normalized spacial score (nSPS) is 19.9. The van der Waals surface area contributed by atoms with Gasteiger partial charge in [-0.3, -0.25) is 0 Å². The number of primary sulfonamides is 1. The van der Waals surface area contributed by atoms with Crippen LogP contribution in [0, 0.1) is 0 Å². The van der Waals surface area contributed by atoms with Crippen molar-refractivity contribution >= 4 is 21.4 Å². The molecule has 0 aromatic heterocycles. The zero-order valence-electron chi connectivity index (χ0n) is 9.93. The monoisotopic (exact) mass is 271 g/mol. The molecular formula is C11H17N3O3S. The van der Waals surface area contributed by atoms with Gasteiger partial charge in [-0.25, -0.2) is 13.6 Å². The number of nitrogens with one attached hydrogen (secondary N) is 1. The Morgan fingerprint density at radius 3 is 2.83 bits per heavy atom. The van der Waals surface area contributed by atoms with E-state index in [1.54, 1.807) is 12.1 Å². The van der Waals surface area contributed by atoms with Gasteiger partial charge in [0, 0.05) is 13.2 Å². The number of nitrogen functional groups attached to an aromatic ring is 1. The van der Waals surface area contributed by atoms with Gasteiger partial charge < -0.3 is 15.8 Å². The van der Waals surface area contributed by atoms with E-state index >= 15 is 0 Å². The van der Waals surface area contributed by atoms with Crippen molar-refractivity contribution < 1.29 is 13.2 Å². The Morgan fingerprint density at radius 2 is 2.22 bits per heavy atom. The van der Waals surface area contributed by atoms with Crippen LogP contribution in [0.1, 0.15) is 12.8 Å². The Morgan fingerprint density at radius 1 is 1.44 bits per heavy atom. The third-order valence-electron chi connectivity index (χ3n) is 2.92. The number of benzene rings is 1. The Kier molecular flexibility index (Phi) is 3.74. The van der Waals surface area contributed by atoms with Crippen molar-refractivity contribution in [1.29, 1.82) is 0 Å². The van der Waals surface area contributed by atoms with Crippen LogP contribution in [0.25, 0.3) is 0 Å². The molecule has 6 nitrogen and oxygen atoms in total. The first-order valence-corrected chi connectivity index (χ1v) is 7.30. The molecule has 0 bridgehead atoms. The standard InChI is InChI=1S/C11H17N3O3S/c12-11-9(14-7-8-3-2-6-17-8)4-1-5-10(11)18(13,15)16/h1,4-5,8,14H,2-3,6-7,12H2,(H2,13,15,16). The quantitative estimate of drug-likeness (QED) is 0.691. The number of nitrogens with two attached hydrogens (primary N) is 2. The zero-order chi connectivity index (χ0) is 13.2. The number of sulfonamides is 1. The summed E-state index contributed by atoms with van der Waals surface area (Å²) in [6.07, 6.45) is 2.21. The highest BCUT2D eigenvalue weighted by molar-refractivity contribution is 7.89. The Labute approximate surface area is 106 Å². The van der Waals surface area contributed by atoms with Crippen molar-refractivity contribution in [2.75, 3.05) is 24.2 Å². The average Bonchev–Trinajstić information content (AvgIpc) is 2.79. The minimum atomic E-state index is -3.79. The Hall–Kier alpha value is -1.31. The Bertz CT molecular complexity index is 524. The van der Waals surface area contributed by atoms with Crippen LogP contribution in [0.15, 0.2) is 23.1 Å². The molecule has 1 aliphatic heterocycles. The predicted molar refractivity (Wildman–Crippen MR) is 69.7 cm³/mol. The molecule has 0 aliphatic carbocycles. The van der Waals surface area contributed by atoms with E-state index < -0.39 is 10.0 Å². The molecule has 1 aromatic rings. The fraction of sp³-hybridized carbons (Fsp3) is 0.455. The van der Waals surface area contributed by atoms with Gasteiger partial charge in [-0.2, -0.15) is 0 Å². The number of hydrogen-bond donors (Lipinski definition) is 3. The molecule has 1 atom stereocenters. The van der Waals surface area contributed by atoms with E-state index in [4.69, 9.17) is 15.6 Å². The summed E-state index contributed by atoms with van der Waals surface area (Å²) >= 11 is 0. The van der Waals surface area contributed by atoms with Crippen molar-refractivity contribution in [3.63, 3.8) is 0 Å². The van der Waals surface area contributed by atoms with Crippen LogP contribution >= 0.6 is 0 Å². The van der Waals surface area contributed by atoms with Crippen LogP contribution in [-0.4, -0.2) is 27.7 Å². The van der Waals surface area contributed by atoms with Gasteiger partial charge in [0.25, 0.3) is 0 Å². The highest BCUT2D eigenvalue weighted by atomic mass is 32.2. The molecule has 100 valence electrons. The van der Waals surface area contributed by atoms with Crippen molar-refractivity contribution in [2.45, 2.75) is 23.8 Å². The maximum atomic E-state index is 11.3. The highest BCUT2D eigenvalue weighted by Gasteiger charge is 2.17. The third kappa shape index (κ3) is 2.92. The van der Waals surface area contributed by atoms with Crippen molar-refractivity contribution in [3.05, 3.63) is 18.2 Å². The summed E-state index contributed by atoms with van der Waals surface area (Å²) in [5.74, 6) is 0. The van der Waals surface area contributed by atoms with Crippen molar-refractivity contribution in [1.82, 2.24) is 0 Å². The number of anilines is 2. The molecule has 1 unspecified atom stereocenters. The van der Waals surface area contributed by atoms with Crippen LogP contribution in [0.2, 0.25) is 0 Å². The lowest BCUT2D eigenvalue weighted by Crippen LogP contribution is -2.20. The molecule has 0 saturated carbocycles. The SMILES string of the molecule is Nc1c(NCC2CCCO2)cccc1S(N)(=O)=O. The van der Waals surface area contributed by atoms with Crippen molar-refractivity contribution in [2.24, 2.45) is 5.14 Å². The van der Waals surface area contributed by atoms with Gasteiger partial charge in [0.1, 0.15) is 4.90 Å². The van der Waals surface area contributed by atoms with Crippen LogP contribution in [-0.2, 0) is 14.8 Å². The number of ether oxygens (including phenoxy) is 1. The first-order chi connectivity index (χ1) is 8.48. The molecule has 0 radical (unpaired) electrons. The lowest BCUT2D eigenvalue weighted by Gasteiger charge is -2.14. The number of hydrogen-bond acceptors (Lipinski definition) is 5. The van der Waals surface area contributed by atoms with Crippen LogP contribution < -0.4 is 16.2 Å². The van der Waals surface area contributed by atoms with E-state index in [9.17, 15) is 8.42 Å². The minimum Gasteiger partial charge on any atom is -0.396 e. The molecule has 1 aliphatic rings. The van der Waals surface area contributed by atoms with Gasteiger partial charge >= 0.3 is 0 Å². The largest absolute Gasteiger partial charge is 0.396 e. The molecule has 1 aromatic carbocycles. The maximum absolute atomic E-state index is 11.3. The minimum absolute atomic E-state index is 0.0557. The van der Waals surface area contributed by atoms with Gasteiger partial charge in [0.2, 0.25) is 10.0 Å². The summed E-state index contributed by atoms with van der Waals surface area (Å²) in [5, 5.41) is 8.18. The fourth-order valence-corrected chi connectivity index (χ4v) is 2.66. The number of rotatable bonds is 4. The number of para-hydroxylation sites is 1. The van der Waals surface area contributed by atoms with E-state index in [1.807, 2.05) is 0 Å². The molecule has 18 heavy (non-hydrogen) atoms. The molecular weight excluding hydrogens is 254 g/mol. The second kappa shape index (κ2) is 5.13. The van der Waals surface area contributed by atoms with Crippen LogP contribution in [0.4, 0.5) is 11.4 Å². The van der Waals surface area contributed by atoms with Crippen molar-refractivity contribution in [3.8, 4) is 0 Å². The molecule has 7 heteroatoms. The van der Waals surface area contributed by atoms with E-state index in [0.29, 0.717) is 12.2 Å². The van der Waals surface area contributed by atoms with Gasteiger partial charge in [0.05, 0.1) is 17.5 Å². The lowest BCUT2D eigenvalue weighted by atomic mass is 10.2. The van der Waals surface area contributed by atoms with Gasteiger partial charge in [0.15, 0.2) is 0 Å². The topological polar surface area (TPSA) is 107 Å². The Balaban J connectivity index is 2.13. The zero-order valence-corrected chi connectivity index (χ0v) is 10.7. The smallest absolute Gasteiger partial charge is 0.240 e. The van der Waals surface area contributed by atoms with E-state index in [-0.39, 0.29) is 16.7 Å². The first kappa shape index (κ1) is 13.1. The highest BCUT2D eigenvalue weighted by Crippen LogP contribution is 2.26. The maximum Gasteiger partial charge on any atom is 0.240 e. The molecule has 1 saturated heterocycles. The van der Waals surface area contributed by atoms with Gasteiger partial charge in [-0.05, 0) is 25.0 Å². The summed E-state index contributed by atoms with van der Waals surface area (Å²) in [6.45, 7) is 1.39. The summed E-state index contributed by atoms with van der Waals surface area (Å²) in [4.78, 5) is -0.0557. The first-order valence-electron chi connectivity index (χ1n) is 5.75. The predicted octanol–water partition coefficient (Wildman–Crippen LogP) is 0.507. The van der Waals surface area contributed by atoms with Gasteiger partial charge in [-0.15, -0.1) is 0 Å². The molecule has 0 amide bonds. The summed E-state index contributed by atoms with van der Waals surface area (Å²) < 4.78 is 28.1. The van der Waals surface area contributed by atoms with E-state index in [2.05, 4.69) is 5.32 Å². The lowest BCUT2D eigenvalue weighted by molar-refractivity contribution is 0.120. The second-order valence-electron chi connectivity index (χ2n) is 4.28. The fourth-order valence-electron chi connectivity index (χ4n) is 1.98. The summed E-state index contributed by atoms with van der Waals surface area (Å²) in [7, 11) is -3.79. The summed E-state index contributed by atoms with van der Waals surface area (Å²) in [6, 6.07) is 4.72. The van der Waals surface area contributed by atoms with Crippen LogP contribution in [0.3, 0.4) is 0 Å². The van der Waals surface area contributed by atoms with Crippen LogP contribution in [0.5, 0.6) is 0 Å². The molecule has 1 fully saturated rings. The average molecular weight is 271 g/mol. The third-order valence-corrected chi connectivity index (χ3v) is 3.89.